The minimum absolute atomic E-state index is 0.635. The second kappa shape index (κ2) is 12.9. The van der Waals surface area contributed by atoms with E-state index in [0.717, 1.165) is 77.7 Å². The molecule has 0 bridgehead atoms. The third-order valence-electron chi connectivity index (χ3n) is 9.19. The molecule has 0 unspecified atom stereocenters. The molecule has 9 aromatic rings. The Labute approximate surface area is 296 Å². The van der Waals surface area contributed by atoms with Crippen LogP contribution in [0.2, 0.25) is 0 Å². The molecule has 9 rings (SSSR count). The van der Waals surface area contributed by atoms with Crippen LogP contribution in [0.4, 0.5) is 0 Å². The lowest BCUT2D eigenvalue weighted by Crippen LogP contribution is -2.00. The van der Waals surface area contributed by atoms with E-state index in [-0.39, 0.29) is 0 Å². The summed E-state index contributed by atoms with van der Waals surface area (Å²) in [4.78, 5) is 24.8. The van der Waals surface area contributed by atoms with Gasteiger partial charge in [-0.05, 0) is 47.4 Å². The minimum Gasteiger partial charge on any atom is -0.251 e. The van der Waals surface area contributed by atoms with Crippen LogP contribution < -0.4 is 0 Å². The molecule has 0 fully saturated rings. The molecule has 0 aliphatic heterocycles. The van der Waals surface area contributed by atoms with Crippen LogP contribution in [-0.4, -0.2) is 24.9 Å². The van der Waals surface area contributed by atoms with Crippen LogP contribution in [0.25, 0.3) is 89.5 Å². The molecule has 0 radical (unpaired) electrons. The summed E-state index contributed by atoms with van der Waals surface area (Å²) in [7, 11) is 0. The number of hydrogen-bond donors (Lipinski definition) is 0. The number of pyridine rings is 2. The third kappa shape index (κ3) is 5.91. The fourth-order valence-corrected chi connectivity index (χ4v) is 6.63. The molecule has 240 valence electrons. The van der Waals surface area contributed by atoms with Gasteiger partial charge in [0.05, 0.1) is 16.7 Å². The first-order chi connectivity index (χ1) is 25.2. The predicted molar refractivity (Wildman–Crippen MR) is 208 cm³/mol. The van der Waals surface area contributed by atoms with E-state index in [1.807, 2.05) is 78.9 Å². The van der Waals surface area contributed by atoms with Crippen LogP contribution in [0.1, 0.15) is 5.69 Å². The van der Waals surface area contributed by atoms with Crippen molar-refractivity contribution in [3.8, 4) is 67.7 Å². The maximum Gasteiger partial charge on any atom is 0.164 e. The molecule has 5 nitrogen and oxygen atoms in total. The van der Waals surface area contributed by atoms with E-state index >= 15 is 0 Å². The van der Waals surface area contributed by atoms with E-state index in [2.05, 4.69) is 97.9 Å². The summed E-state index contributed by atoms with van der Waals surface area (Å²) in [6.07, 6.45) is 0. The van der Waals surface area contributed by atoms with Gasteiger partial charge in [-0.3, -0.25) is 4.98 Å². The van der Waals surface area contributed by atoms with Crippen molar-refractivity contribution in [1.82, 2.24) is 24.9 Å². The van der Waals surface area contributed by atoms with Crippen molar-refractivity contribution in [2.24, 2.45) is 0 Å². The minimum atomic E-state index is 0.635. The molecular formula is C46H31N5. The van der Waals surface area contributed by atoms with Crippen LogP contribution in [-0.2, 0) is 0 Å². The molecule has 5 heteroatoms. The Balaban J connectivity index is 1.09. The van der Waals surface area contributed by atoms with Crippen LogP contribution >= 0.6 is 0 Å². The maximum atomic E-state index is 5.10. The highest BCUT2D eigenvalue weighted by Crippen LogP contribution is 2.35. The molecule has 6 aromatic carbocycles. The highest BCUT2D eigenvalue weighted by molar-refractivity contribution is 6.08. The predicted octanol–water partition coefficient (Wildman–Crippen LogP) is 11.3. The number of benzene rings is 6. The van der Waals surface area contributed by atoms with Gasteiger partial charge in [0.2, 0.25) is 0 Å². The first kappa shape index (κ1) is 30.2. The Bertz CT molecular complexity index is 2620. The van der Waals surface area contributed by atoms with E-state index in [9.17, 15) is 0 Å². The number of hydrogen-bond acceptors (Lipinski definition) is 5. The Hall–Kier alpha value is -6.85. The maximum absolute atomic E-state index is 5.10. The van der Waals surface area contributed by atoms with Gasteiger partial charge < -0.3 is 0 Å². The Morgan fingerprint density at radius 2 is 0.863 bits per heavy atom. The summed E-state index contributed by atoms with van der Waals surface area (Å²) in [6.45, 7) is 2.05. The molecule has 0 spiro atoms. The molecule has 51 heavy (non-hydrogen) atoms. The van der Waals surface area contributed by atoms with E-state index in [1.165, 1.54) is 0 Å². The number of fused-ring (bicyclic) bond motifs is 3. The van der Waals surface area contributed by atoms with Gasteiger partial charge >= 0.3 is 0 Å². The first-order valence-electron chi connectivity index (χ1n) is 17.0. The third-order valence-corrected chi connectivity index (χ3v) is 9.19. The molecule has 0 N–H and O–H groups in total. The zero-order valence-electron chi connectivity index (χ0n) is 27.9. The highest BCUT2D eigenvalue weighted by atomic mass is 15.0. The fourth-order valence-electron chi connectivity index (χ4n) is 6.63. The lowest BCUT2D eigenvalue weighted by Gasteiger charge is -2.12. The second-order valence-electron chi connectivity index (χ2n) is 12.6. The molecule has 0 atom stereocenters. The first-order valence-corrected chi connectivity index (χ1v) is 17.0. The van der Waals surface area contributed by atoms with E-state index in [0.29, 0.717) is 17.5 Å². The highest BCUT2D eigenvalue weighted by Gasteiger charge is 2.15. The van der Waals surface area contributed by atoms with E-state index in [1.54, 1.807) is 0 Å². The Morgan fingerprint density at radius 1 is 0.333 bits per heavy atom. The molecule has 0 aliphatic rings. The number of rotatable bonds is 6. The topological polar surface area (TPSA) is 64.5 Å². The smallest absolute Gasteiger partial charge is 0.164 e. The SMILES string of the molecule is Cc1cc(-c2ccc(-c3cccc(-c4nc(-c5ccccc5)nc(-c5ccccc5)n4)c3)cc2)c2ccc3ccc(-c4ccccc4)nc3c2n1. The number of nitrogens with zero attached hydrogens (tertiary/aromatic N) is 5. The second-order valence-corrected chi connectivity index (χ2v) is 12.6. The van der Waals surface area contributed by atoms with Gasteiger partial charge in [0.1, 0.15) is 0 Å². The van der Waals surface area contributed by atoms with Gasteiger partial charge in [0.15, 0.2) is 17.5 Å². The standard InChI is InChI=1S/C46H31N5/c1-30-28-40(39-26-24-34-25-27-41(33-12-5-2-6-13-33)48-42(34)43(39)47-30)32-22-20-31(21-23-32)37-18-11-19-38(29-37)46-50-44(35-14-7-3-8-15-35)49-45(51-46)36-16-9-4-10-17-36/h2-29H,1H3. The monoisotopic (exact) mass is 653 g/mol. The summed E-state index contributed by atoms with van der Waals surface area (Å²) in [5.74, 6) is 1.93. The van der Waals surface area contributed by atoms with Crippen molar-refractivity contribution in [2.75, 3.05) is 0 Å². The van der Waals surface area contributed by atoms with Gasteiger partial charge in [-0.25, -0.2) is 19.9 Å². The van der Waals surface area contributed by atoms with Crippen LogP contribution in [0.3, 0.4) is 0 Å². The van der Waals surface area contributed by atoms with Crippen molar-refractivity contribution in [3.63, 3.8) is 0 Å². The molecule has 3 heterocycles. The fraction of sp³-hybridized carbons (Fsp3) is 0.0217. The van der Waals surface area contributed by atoms with Crippen molar-refractivity contribution in [2.45, 2.75) is 6.92 Å². The number of aromatic nitrogens is 5. The van der Waals surface area contributed by atoms with Crippen molar-refractivity contribution in [3.05, 3.63) is 176 Å². The van der Waals surface area contributed by atoms with Gasteiger partial charge in [0, 0.05) is 38.7 Å². The number of aryl methyl sites for hydroxylation is 1. The molecule has 0 saturated carbocycles. The molecular weight excluding hydrogens is 623 g/mol. The van der Waals surface area contributed by atoms with Crippen molar-refractivity contribution < 1.29 is 0 Å². The quantitative estimate of drug-likeness (QED) is 0.167. The summed E-state index contributed by atoms with van der Waals surface area (Å²) >= 11 is 0. The van der Waals surface area contributed by atoms with Crippen molar-refractivity contribution >= 4 is 21.8 Å². The summed E-state index contributed by atoms with van der Waals surface area (Å²) in [5, 5.41) is 2.16. The molecule has 0 aliphatic carbocycles. The molecule has 0 amide bonds. The van der Waals surface area contributed by atoms with E-state index in [4.69, 9.17) is 24.9 Å². The van der Waals surface area contributed by atoms with Crippen LogP contribution in [0.15, 0.2) is 170 Å². The normalized spacial score (nSPS) is 11.2. The van der Waals surface area contributed by atoms with Gasteiger partial charge in [0.25, 0.3) is 0 Å². The van der Waals surface area contributed by atoms with E-state index < -0.39 is 0 Å². The van der Waals surface area contributed by atoms with Gasteiger partial charge in [-0.1, -0.05) is 152 Å². The molecule has 3 aromatic heterocycles. The van der Waals surface area contributed by atoms with Crippen LogP contribution in [0, 0.1) is 6.92 Å². The lowest BCUT2D eigenvalue weighted by atomic mass is 9.96. The van der Waals surface area contributed by atoms with Crippen LogP contribution in [0.5, 0.6) is 0 Å². The summed E-state index contributed by atoms with van der Waals surface area (Å²) in [6, 6.07) is 58.3. The zero-order valence-corrected chi connectivity index (χ0v) is 27.9. The largest absolute Gasteiger partial charge is 0.251 e. The van der Waals surface area contributed by atoms with Gasteiger partial charge in [-0.15, -0.1) is 0 Å². The molecule has 0 saturated heterocycles. The average Bonchev–Trinajstić information content (AvgIpc) is 3.21. The lowest BCUT2D eigenvalue weighted by molar-refractivity contribution is 1.07. The Morgan fingerprint density at radius 3 is 1.51 bits per heavy atom. The zero-order chi connectivity index (χ0) is 34.1. The van der Waals surface area contributed by atoms with Crippen molar-refractivity contribution in [1.29, 1.82) is 0 Å². The van der Waals surface area contributed by atoms with Gasteiger partial charge in [-0.2, -0.15) is 0 Å². The summed E-state index contributed by atoms with van der Waals surface area (Å²) in [5.41, 5.74) is 12.1. The summed E-state index contributed by atoms with van der Waals surface area (Å²) < 4.78 is 0. The average molecular weight is 654 g/mol. The Kier molecular flexibility index (Phi) is 7.63.